The summed E-state index contributed by atoms with van der Waals surface area (Å²) in [6.45, 7) is 0. The van der Waals surface area contributed by atoms with E-state index in [1.807, 2.05) is 34.9 Å². The first-order valence-corrected chi connectivity index (χ1v) is 10.8. The topological polar surface area (TPSA) is 98.2 Å². The molecule has 0 saturated heterocycles. The molecule has 4 aromatic rings. The number of hydrogen-bond acceptors (Lipinski definition) is 7. The van der Waals surface area contributed by atoms with Crippen molar-refractivity contribution in [2.75, 3.05) is 5.75 Å². The summed E-state index contributed by atoms with van der Waals surface area (Å²) in [6.07, 6.45) is 9.84. The summed E-state index contributed by atoms with van der Waals surface area (Å²) < 4.78 is 7.05. The first kappa shape index (κ1) is 21.5. The van der Waals surface area contributed by atoms with Crippen molar-refractivity contribution in [3.05, 3.63) is 84.0 Å². The van der Waals surface area contributed by atoms with Gasteiger partial charge in [0.25, 0.3) is 5.91 Å². The number of carbonyl (C=O) groups is 1. The van der Waals surface area contributed by atoms with Crippen LogP contribution in [0.4, 0.5) is 0 Å². The number of hydrogen-bond donors (Lipinski definition) is 1. The van der Waals surface area contributed by atoms with Gasteiger partial charge in [-0.15, -0.1) is 10.2 Å². The van der Waals surface area contributed by atoms with Gasteiger partial charge >= 0.3 is 0 Å². The number of halogens is 1. The van der Waals surface area contributed by atoms with Gasteiger partial charge in [-0.25, -0.2) is 5.43 Å². The van der Waals surface area contributed by atoms with Crippen molar-refractivity contribution < 1.29 is 9.21 Å². The Kier molecular flexibility index (Phi) is 7.11. The van der Waals surface area contributed by atoms with E-state index in [2.05, 4.69) is 25.7 Å². The summed E-state index contributed by atoms with van der Waals surface area (Å²) in [5.41, 5.74) is 4.17. The lowest BCUT2D eigenvalue weighted by Crippen LogP contribution is -2.19. The molecule has 1 amide bonds. The lowest BCUT2D eigenvalue weighted by Gasteiger charge is -2.10. The van der Waals surface area contributed by atoms with Gasteiger partial charge < -0.3 is 4.42 Å². The maximum absolute atomic E-state index is 12.2. The molecule has 0 bridgehead atoms. The van der Waals surface area contributed by atoms with Crippen LogP contribution < -0.4 is 5.43 Å². The Morgan fingerprint density at radius 1 is 1.16 bits per heavy atom. The Hall–Kier alpha value is -3.69. The first-order valence-electron chi connectivity index (χ1n) is 9.47. The maximum atomic E-state index is 12.2. The minimum absolute atomic E-state index is 0.112. The molecule has 0 aliphatic carbocycles. The number of hydrazone groups is 1. The third-order valence-electron chi connectivity index (χ3n) is 4.14. The predicted octanol–water partition coefficient (Wildman–Crippen LogP) is 4.48. The molecule has 0 saturated carbocycles. The quantitative estimate of drug-likeness (QED) is 0.234. The summed E-state index contributed by atoms with van der Waals surface area (Å²) in [5.74, 6) is 1.18. The van der Waals surface area contributed by atoms with Gasteiger partial charge in [-0.1, -0.05) is 23.4 Å². The Morgan fingerprint density at radius 2 is 1.97 bits per heavy atom. The molecule has 32 heavy (non-hydrogen) atoms. The third kappa shape index (κ3) is 5.51. The second-order valence-electron chi connectivity index (χ2n) is 6.33. The van der Waals surface area contributed by atoms with E-state index < -0.39 is 0 Å². The minimum atomic E-state index is -0.270. The highest BCUT2D eigenvalue weighted by molar-refractivity contribution is 7.99. The van der Waals surface area contributed by atoms with Crippen LogP contribution in [0.25, 0.3) is 23.2 Å². The van der Waals surface area contributed by atoms with Crippen LogP contribution in [0, 0.1) is 0 Å². The van der Waals surface area contributed by atoms with E-state index in [4.69, 9.17) is 16.0 Å². The number of allylic oxidation sites excluding steroid dienone is 1. The van der Waals surface area contributed by atoms with E-state index in [0.29, 0.717) is 21.8 Å². The lowest BCUT2D eigenvalue weighted by molar-refractivity contribution is -0.118. The molecule has 1 aromatic carbocycles. The molecule has 0 unspecified atom stereocenters. The van der Waals surface area contributed by atoms with Crippen molar-refractivity contribution in [1.29, 1.82) is 0 Å². The van der Waals surface area contributed by atoms with Crippen molar-refractivity contribution in [2.45, 2.75) is 5.16 Å². The molecule has 10 heteroatoms. The maximum Gasteiger partial charge on any atom is 0.250 e. The highest BCUT2D eigenvalue weighted by Gasteiger charge is 2.17. The van der Waals surface area contributed by atoms with E-state index >= 15 is 0 Å². The zero-order chi connectivity index (χ0) is 22.2. The number of rotatable bonds is 8. The van der Waals surface area contributed by atoms with Crippen molar-refractivity contribution in [1.82, 2.24) is 25.2 Å². The van der Waals surface area contributed by atoms with E-state index in [0.717, 1.165) is 11.3 Å². The fourth-order valence-electron chi connectivity index (χ4n) is 2.71. The third-order valence-corrected chi connectivity index (χ3v) is 5.32. The van der Waals surface area contributed by atoms with Gasteiger partial charge in [0.05, 0.1) is 12.0 Å². The van der Waals surface area contributed by atoms with Gasteiger partial charge in [-0.3, -0.25) is 14.3 Å². The number of amides is 1. The number of furan rings is 1. The fourth-order valence-corrected chi connectivity index (χ4v) is 3.58. The Labute approximate surface area is 193 Å². The Morgan fingerprint density at radius 3 is 2.72 bits per heavy atom. The minimum Gasteiger partial charge on any atom is -0.465 e. The summed E-state index contributed by atoms with van der Waals surface area (Å²) in [7, 11) is 0. The van der Waals surface area contributed by atoms with E-state index in [9.17, 15) is 4.79 Å². The highest BCUT2D eigenvalue weighted by atomic mass is 35.5. The molecule has 4 rings (SSSR count). The van der Waals surface area contributed by atoms with Gasteiger partial charge in [0.2, 0.25) is 0 Å². The van der Waals surface area contributed by atoms with Gasteiger partial charge in [0.1, 0.15) is 5.76 Å². The molecular weight excluding hydrogens is 448 g/mol. The highest BCUT2D eigenvalue weighted by Crippen LogP contribution is 2.28. The van der Waals surface area contributed by atoms with Gasteiger partial charge in [-0.05, 0) is 60.7 Å². The van der Waals surface area contributed by atoms with Crippen molar-refractivity contribution >= 4 is 41.6 Å². The SMILES string of the molecule is O=C(CSc1nnc(-c2ccncc2)n1-c1ccc(Cl)cc1)NN=CC=Cc1ccco1. The number of benzene rings is 1. The smallest absolute Gasteiger partial charge is 0.250 e. The van der Waals surface area contributed by atoms with Crippen molar-refractivity contribution in [3.63, 3.8) is 0 Å². The van der Waals surface area contributed by atoms with E-state index in [-0.39, 0.29) is 11.7 Å². The molecule has 1 N–H and O–H groups in total. The second kappa shape index (κ2) is 10.6. The zero-order valence-corrected chi connectivity index (χ0v) is 18.2. The molecule has 8 nitrogen and oxygen atoms in total. The Bertz CT molecular complexity index is 1220. The molecule has 0 spiro atoms. The molecule has 160 valence electrons. The summed E-state index contributed by atoms with van der Waals surface area (Å²) >= 11 is 7.30. The van der Waals surface area contributed by atoms with Crippen LogP contribution in [0.3, 0.4) is 0 Å². The van der Waals surface area contributed by atoms with Crippen LogP contribution in [0.15, 0.2) is 87.9 Å². The van der Waals surface area contributed by atoms with Crippen LogP contribution in [-0.2, 0) is 4.79 Å². The van der Waals surface area contributed by atoms with E-state index in [1.54, 1.807) is 49.0 Å². The van der Waals surface area contributed by atoms with Gasteiger partial charge in [-0.2, -0.15) is 5.10 Å². The second-order valence-corrected chi connectivity index (χ2v) is 7.71. The van der Waals surface area contributed by atoms with Crippen LogP contribution in [0.2, 0.25) is 5.02 Å². The summed E-state index contributed by atoms with van der Waals surface area (Å²) in [6, 6.07) is 14.6. The number of pyridine rings is 1. The molecule has 0 fully saturated rings. The summed E-state index contributed by atoms with van der Waals surface area (Å²) in [4.78, 5) is 16.3. The van der Waals surface area contributed by atoms with Crippen molar-refractivity contribution in [2.24, 2.45) is 5.10 Å². The standard InChI is InChI=1S/C22H17ClN6O2S/c23-17-5-7-18(8-6-17)29-21(16-9-12-24-13-10-16)27-28-22(29)32-15-20(30)26-25-11-1-3-19-4-2-14-31-19/h1-14H,15H2,(H,26,30). The number of nitrogens with one attached hydrogen (secondary N) is 1. The normalized spacial score (nSPS) is 11.4. The number of carbonyl (C=O) groups excluding carboxylic acids is 1. The Balaban J connectivity index is 1.45. The predicted molar refractivity (Wildman–Crippen MR) is 125 cm³/mol. The zero-order valence-electron chi connectivity index (χ0n) is 16.6. The monoisotopic (exact) mass is 464 g/mol. The molecule has 0 atom stereocenters. The summed E-state index contributed by atoms with van der Waals surface area (Å²) in [5, 5.41) is 13.7. The van der Waals surface area contributed by atoms with Gasteiger partial charge in [0.15, 0.2) is 11.0 Å². The molecule has 3 aromatic heterocycles. The van der Waals surface area contributed by atoms with Crippen LogP contribution in [0.1, 0.15) is 5.76 Å². The largest absolute Gasteiger partial charge is 0.465 e. The number of aromatic nitrogens is 4. The fraction of sp³-hybridized carbons (Fsp3) is 0.0455. The van der Waals surface area contributed by atoms with E-state index in [1.165, 1.54) is 18.0 Å². The van der Waals surface area contributed by atoms with Crippen LogP contribution in [-0.4, -0.2) is 37.6 Å². The average Bonchev–Trinajstić information content (AvgIpc) is 3.49. The first-order chi connectivity index (χ1) is 15.7. The molecule has 0 radical (unpaired) electrons. The molecular formula is C22H17ClN6O2S. The average molecular weight is 465 g/mol. The van der Waals surface area contributed by atoms with Crippen LogP contribution >= 0.6 is 23.4 Å². The molecule has 0 aliphatic rings. The number of thioether (sulfide) groups is 1. The van der Waals surface area contributed by atoms with Gasteiger partial charge in [0, 0.05) is 34.9 Å². The van der Waals surface area contributed by atoms with Crippen LogP contribution in [0.5, 0.6) is 0 Å². The number of nitrogens with zero attached hydrogens (tertiary/aromatic N) is 5. The molecule has 0 aliphatic heterocycles. The van der Waals surface area contributed by atoms with Crippen molar-refractivity contribution in [3.8, 4) is 17.1 Å². The molecule has 3 heterocycles. The lowest BCUT2D eigenvalue weighted by atomic mass is 10.2.